The summed E-state index contributed by atoms with van der Waals surface area (Å²) in [6.45, 7) is 0.629. The number of benzene rings is 1. The lowest BCUT2D eigenvalue weighted by atomic mass is 10.3. The Morgan fingerprint density at radius 3 is 2.55 bits per heavy atom. The van der Waals surface area contributed by atoms with Crippen LogP contribution in [0.5, 0.6) is 5.75 Å². The first-order valence-electron chi connectivity index (χ1n) is 6.22. The van der Waals surface area contributed by atoms with Crippen LogP contribution in [-0.4, -0.2) is 31.2 Å². The monoisotopic (exact) mass is 317 g/mol. The fourth-order valence-electron chi connectivity index (χ4n) is 1.33. The van der Waals surface area contributed by atoms with Crippen molar-refractivity contribution in [2.75, 3.05) is 19.1 Å². The van der Waals surface area contributed by atoms with Crippen LogP contribution in [0.3, 0.4) is 0 Å². The number of nitrogens with one attached hydrogen (secondary N) is 1. The SMILES string of the molecule is CSP(=O)(COc1ccccc1)NCC(=O)OC(C)C. The first-order chi connectivity index (χ1) is 9.45. The second kappa shape index (κ2) is 8.35. The van der Waals surface area contributed by atoms with E-state index in [0.29, 0.717) is 5.75 Å². The molecule has 0 spiro atoms. The van der Waals surface area contributed by atoms with Gasteiger partial charge in [-0.15, -0.1) is 0 Å². The van der Waals surface area contributed by atoms with Crippen molar-refractivity contribution in [3.8, 4) is 5.75 Å². The average Bonchev–Trinajstić information content (AvgIpc) is 2.43. The molecule has 112 valence electrons. The zero-order chi connectivity index (χ0) is 15.0. The van der Waals surface area contributed by atoms with Crippen LogP contribution in [0, 0.1) is 0 Å². The first kappa shape index (κ1) is 17.1. The van der Waals surface area contributed by atoms with Crippen LogP contribution < -0.4 is 9.82 Å². The third kappa shape index (κ3) is 6.46. The predicted octanol–water partition coefficient (Wildman–Crippen LogP) is 3.12. The van der Waals surface area contributed by atoms with E-state index >= 15 is 0 Å². The van der Waals surface area contributed by atoms with Crippen LogP contribution in [0.15, 0.2) is 30.3 Å². The number of hydrogen-bond acceptors (Lipinski definition) is 5. The molecular weight excluding hydrogens is 297 g/mol. The summed E-state index contributed by atoms with van der Waals surface area (Å²) in [6, 6.07) is 9.14. The van der Waals surface area contributed by atoms with E-state index in [0.717, 1.165) is 11.4 Å². The quantitative estimate of drug-likeness (QED) is 0.587. The lowest BCUT2D eigenvalue weighted by Crippen LogP contribution is -2.25. The van der Waals surface area contributed by atoms with Crippen LogP contribution in [0.25, 0.3) is 0 Å². The maximum absolute atomic E-state index is 12.5. The molecule has 0 bridgehead atoms. The van der Waals surface area contributed by atoms with Gasteiger partial charge in [-0.25, -0.2) is 5.09 Å². The molecule has 7 heteroatoms. The highest BCUT2D eigenvalue weighted by atomic mass is 32.7. The summed E-state index contributed by atoms with van der Waals surface area (Å²) in [5, 5.41) is 2.74. The Bertz CT molecular complexity index is 467. The topological polar surface area (TPSA) is 64.6 Å². The standard InChI is InChI=1S/C13H20NO4PS/c1-11(2)18-13(15)9-14-19(16,20-3)10-17-12-7-5-4-6-8-12/h4-8,11H,9-10H2,1-3H3,(H,14,16). The average molecular weight is 317 g/mol. The van der Waals surface area contributed by atoms with Crippen molar-refractivity contribution in [2.45, 2.75) is 20.0 Å². The Balaban J connectivity index is 2.46. The second-order valence-electron chi connectivity index (χ2n) is 4.32. The third-order valence-electron chi connectivity index (χ3n) is 2.27. The molecule has 1 atom stereocenters. The van der Waals surface area contributed by atoms with Gasteiger partial charge in [-0.05, 0) is 32.2 Å². The van der Waals surface area contributed by atoms with Crippen molar-refractivity contribution in [1.29, 1.82) is 0 Å². The number of rotatable bonds is 8. The molecule has 1 aromatic rings. The Labute approximate surface area is 123 Å². The van der Waals surface area contributed by atoms with Gasteiger partial charge < -0.3 is 9.47 Å². The van der Waals surface area contributed by atoms with Gasteiger partial charge in [0.25, 0.3) is 0 Å². The number of ether oxygens (including phenoxy) is 2. The van der Waals surface area contributed by atoms with Gasteiger partial charge in [0.2, 0.25) is 6.49 Å². The predicted molar refractivity (Wildman–Crippen MR) is 82.3 cm³/mol. The molecule has 0 saturated heterocycles. The number of para-hydroxylation sites is 1. The van der Waals surface area contributed by atoms with E-state index in [1.54, 1.807) is 32.2 Å². The van der Waals surface area contributed by atoms with Crippen LogP contribution in [0.2, 0.25) is 0 Å². The van der Waals surface area contributed by atoms with Gasteiger partial charge in [-0.1, -0.05) is 29.6 Å². The Morgan fingerprint density at radius 1 is 1.35 bits per heavy atom. The minimum Gasteiger partial charge on any atom is -0.484 e. The summed E-state index contributed by atoms with van der Waals surface area (Å²) < 4.78 is 22.9. The van der Waals surface area contributed by atoms with E-state index in [9.17, 15) is 9.36 Å². The van der Waals surface area contributed by atoms with Gasteiger partial charge in [0.1, 0.15) is 12.3 Å². The van der Waals surface area contributed by atoms with E-state index < -0.39 is 12.5 Å². The molecule has 5 nitrogen and oxygen atoms in total. The molecule has 0 amide bonds. The Kier molecular flexibility index (Phi) is 7.13. The maximum atomic E-state index is 12.5. The summed E-state index contributed by atoms with van der Waals surface area (Å²) in [5.41, 5.74) is 0. The summed E-state index contributed by atoms with van der Waals surface area (Å²) in [5.74, 6) is 0.224. The summed E-state index contributed by atoms with van der Waals surface area (Å²) in [6.07, 6.45) is 1.56. The highest BCUT2D eigenvalue weighted by Crippen LogP contribution is 2.52. The molecule has 0 aliphatic rings. The number of hydrogen-bond donors (Lipinski definition) is 1. The zero-order valence-electron chi connectivity index (χ0n) is 11.9. The normalized spacial score (nSPS) is 13.8. The van der Waals surface area contributed by atoms with Crippen molar-refractivity contribution < 1.29 is 18.8 Å². The molecule has 0 fully saturated rings. The fourth-order valence-corrected chi connectivity index (χ4v) is 3.40. The lowest BCUT2D eigenvalue weighted by molar-refractivity contribution is -0.145. The zero-order valence-corrected chi connectivity index (χ0v) is 13.6. The smallest absolute Gasteiger partial charge is 0.320 e. The van der Waals surface area contributed by atoms with Crippen LogP contribution in [0.4, 0.5) is 0 Å². The minimum absolute atomic E-state index is 0.0210. The van der Waals surface area contributed by atoms with Gasteiger partial charge >= 0.3 is 5.97 Å². The van der Waals surface area contributed by atoms with Gasteiger partial charge in [-0.3, -0.25) is 9.36 Å². The molecule has 1 unspecified atom stereocenters. The van der Waals surface area contributed by atoms with E-state index in [1.165, 1.54) is 0 Å². The van der Waals surface area contributed by atoms with E-state index in [-0.39, 0.29) is 19.0 Å². The van der Waals surface area contributed by atoms with E-state index in [1.807, 2.05) is 18.2 Å². The van der Waals surface area contributed by atoms with E-state index in [4.69, 9.17) is 9.47 Å². The first-order valence-corrected chi connectivity index (χ1v) is 9.94. The third-order valence-corrected chi connectivity index (χ3v) is 6.44. The second-order valence-corrected chi connectivity index (χ2v) is 9.47. The number of carbonyl (C=O) groups is 1. The largest absolute Gasteiger partial charge is 0.484 e. The summed E-state index contributed by atoms with van der Waals surface area (Å²) in [4.78, 5) is 11.4. The van der Waals surface area contributed by atoms with Gasteiger partial charge in [0, 0.05) is 0 Å². The van der Waals surface area contributed by atoms with Crippen molar-refractivity contribution >= 4 is 23.8 Å². The van der Waals surface area contributed by atoms with Crippen molar-refractivity contribution in [3.63, 3.8) is 0 Å². The Morgan fingerprint density at radius 2 is 2.00 bits per heavy atom. The highest BCUT2D eigenvalue weighted by Gasteiger charge is 2.23. The molecular formula is C13H20NO4PS. The van der Waals surface area contributed by atoms with Gasteiger partial charge in [0.15, 0.2) is 6.35 Å². The molecule has 1 aromatic carbocycles. The molecule has 0 radical (unpaired) electrons. The summed E-state index contributed by atoms with van der Waals surface area (Å²) in [7, 11) is 0. The highest BCUT2D eigenvalue weighted by molar-refractivity contribution is 8.57. The van der Waals surface area contributed by atoms with Crippen molar-refractivity contribution in [2.24, 2.45) is 0 Å². The van der Waals surface area contributed by atoms with Gasteiger partial charge in [-0.2, -0.15) is 0 Å². The molecule has 0 aliphatic heterocycles. The van der Waals surface area contributed by atoms with Crippen molar-refractivity contribution in [3.05, 3.63) is 30.3 Å². The molecule has 0 aliphatic carbocycles. The fraction of sp³-hybridized carbons (Fsp3) is 0.462. The van der Waals surface area contributed by atoms with E-state index in [2.05, 4.69) is 5.09 Å². The number of carbonyl (C=O) groups excluding carboxylic acids is 1. The van der Waals surface area contributed by atoms with Crippen LogP contribution in [0.1, 0.15) is 13.8 Å². The minimum atomic E-state index is -2.82. The number of esters is 1. The van der Waals surface area contributed by atoms with Gasteiger partial charge in [0.05, 0.1) is 6.10 Å². The molecule has 0 heterocycles. The molecule has 0 aromatic heterocycles. The molecule has 1 rings (SSSR count). The van der Waals surface area contributed by atoms with Crippen LogP contribution in [-0.2, 0) is 14.1 Å². The summed E-state index contributed by atoms with van der Waals surface area (Å²) >= 11 is 1.16. The van der Waals surface area contributed by atoms with Crippen molar-refractivity contribution in [1.82, 2.24) is 5.09 Å². The lowest BCUT2D eigenvalue weighted by Gasteiger charge is -2.18. The molecule has 20 heavy (non-hydrogen) atoms. The van der Waals surface area contributed by atoms with Crippen LogP contribution >= 0.6 is 17.9 Å². The maximum Gasteiger partial charge on any atom is 0.320 e. The molecule has 0 saturated carbocycles. The Hall–Kier alpha value is -0.970. The molecule has 1 N–H and O–H groups in total.